The number of alkyl halides is 1. The Labute approximate surface area is 393 Å². The summed E-state index contributed by atoms with van der Waals surface area (Å²) >= 11 is 6.52. The Bertz CT molecular complexity index is 2780. The van der Waals surface area contributed by atoms with Crippen molar-refractivity contribution in [2.45, 2.75) is 73.2 Å². The second kappa shape index (κ2) is 19.9. The van der Waals surface area contributed by atoms with Crippen LogP contribution in [0.4, 0.5) is 4.79 Å². The predicted octanol–water partition coefficient (Wildman–Crippen LogP) is 5.81. The maximum absolute atomic E-state index is 15.0. The first-order chi connectivity index (χ1) is 31.9. The first-order valence-electron chi connectivity index (χ1n) is 21.5. The van der Waals surface area contributed by atoms with E-state index in [1.807, 2.05) is 30.3 Å². The monoisotopic (exact) mass is 950 g/mol. The molecule has 0 radical (unpaired) electrons. The minimum absolute atomic E-state index is 0.0174. The highest BCUT2D eigenvalue weighted by Crippen LogP contribution is 2.45. The fraction of sp³-hybridized carbons (Fsp3) is 0.306. The number of nitrogens with one attached hydrogen (secondary N) is 4. The van der Waals surface area contributed by atoms with Gasteiger partial charge < -0.3 is 35.1 Å². The molecule has 1 aliphatic heterocycles. The van der Waals surface area contributed by atoms with Crippen molar-refractivity contribution in [2.75, 3.05) is 20.2 Å². The van der Waals surface area contributed by atoms with Crippen LogP contribution < -0.4 is 30.1 Å². The number of sulfonamides is 1. The molecule has 0 spiro atoms. The van der Waals surface area contributed by atoms with Gasteiger partial charge in [-0.3, -0.25) is 19.2 Å². The van der Waals surface area contributed by atoms with Crippen LogP contribution in [-0.4, -0.2) is 97.6 Å². The molecule has 5 aromatic rings. The molecule has 1 saturated carbocycles. The second-order valence-corrected chi connectivity index (χ2v) is 19.3. The van der Waals surface area contributed by atoms with Gasteiger partial charge in [-0.15, -0.1) is 18.2 Å². The third-order valence-corrected chi connectivity index (χ3v) is 13.1. The summed E-state index contributed by atoms with van der Waals surface area (Å²) in [6.45, 7) is 8.02. The molecule has 6 atom stereocenters. The molecule has 0 bridgehead atoms. The summed E-state index contributed by atoms with van der Waals surface area (Å²) in [5, 5.41) is 7.43. The lowest BCUT2D eigenvalue weighted by Gasteiger charge is -2.30. The van der Waals surface area contributed by atoms with Gasteiger partial charge in [-0.1, -0.05) is 84.9 Å². The van der Waals surface area contributed by atoms with Crippen LogP contribution in [-0.2, 0) is 33.9 Å². The number of benzene rings is 4. The molecular weight excluding hydrogens is 900 g/mol. The number of hydrogen-bond donors (Lipinski definition) is 4. The number of ether oxygens (including phenoxy) is 3. The van der Waals surface area contributed by atoms with Crippen molar-refractivity contribution < 1.29 is 46.6 Å². The van der Waals surface area contributed by atoms with E-state index in [9.17, 15) is 32.4 Å². The van der Waals surface area contributed by atoms with E-state index in [0.29, 0.717) is 33.7 Å². The Morgan fingerprint density at radius 2 is 1.60 bits per heavy atom. The molecule has 1 aromatic heterocycles. The molecule has 4 aromatic carbocycles. The summed E-state index contributed by atoms with van der Waals surface area (Å²) in [6.07, 6.45) is -0.525. The maximum Gasteiger partial charge on any atom is 0.408 e. The van der Waals surface area contributed by atoms with Crippen LogP contribution >= 0.6 is 11.6 Å². The number of halogens is 1. The van der Waals surface area contributed by atoms with Crippen LogP contribution in [0.2, 0.25) is 0 Å². The molecule has 350 valence electrons. The van der Waals surface area contributed by atoms with Gasteiger partial charge in [-0.05, 0) is 57.0 Å². The molecule has 1 aliphatic carbocycles. The highest BCUT2D eigenvalue weighted by Gasteiger charge is 2.61. The fourth-order valence-corrected chi connectivity index (χ4v) is 9.12. The summed E-state index contributed by atoms with van der Waals surface area (Å²) in [5.41, 5.74) is -0.315. The Balaban J connectivity index is 1.23. The summed E-state index contributed by atoms with van der Waals surface area (Å²) in [6, 6.07) is 29.4. The summed E-state index contributed by atoms with van der Waals surface area (Å²) in [7, 11) is -2.82. The van der Waals surface area contributed by atoms with Gasteiger partial charge >= 0.3 is 6.09 Å². The van der Waals surface area contributed by atoms with Crippen molar-refractivity contribution in [1.82, 2.24) is 30.6 Å². The topological polar surface area (TPSA) is 211 Å². The molecule has 7 rings (SSSR count). The molecular formula is C49H51ClN6O10S. The lowest BCUT2D eigenvalue weighted by molar-refractivity contribution is -0.141. The van der Waals surface area contributed by atoms with Crippen LogP contribution in [0.1, 0.15) is 44.6 Å². The quantitative estimate of drug-likeness (QED) is 0.0685. The van der Waals surface area contributed by atoms with Gasteiger partial charge in [0.25, 0.3) is 15.9 Å². The van der Waals surface area contributed by atoms with E-state index >= 15 is 0 Å². The number of methoxy groups -OCH3 is 1. The van der Waals surface area contributed by atoms with Gasteiger partial charge in [0.1, 0.15) is 46.2 Å². The minimum atomic E-state index is -4.35. The van der Waals surface area contributed by atoms with Gasteiger partial charge in [0.15, 0.2) is 0 Å². The van der Waals surface area contributed by atoms with Gasteiger partial charge in [0.05, 0.1) is 29.8 Å². The molecule has 4 N–H and O–H groups in total. The Hall–Kier alpha value is -6.98. The number of amides is 5. The molecule has 2 heterocycles. The van der Waals surface area contributed by atoms with E-state index in [1.165, 1.54) is 42.4 Å². The Kier molecular flexibility index (Phi) is 14.2. The molecule has 2 fully saturated rings. The predicted molar refractivity (Wildman–Crippen MR) is 250 cm³/mol. The van der Waals surface area contributed by atoms with Crippen molar-refractivity contribution in [1.29, 1.82) is 0 Å². The number of hydrogen-bond acceptors (Lipinski definition) is 11. The van der Waals surface area contributed by atoms with Crippen molar-refractivity contribution in [3.05, 3.63) is 133 Å². The third-order valence-electron chi connectivity index (χ3n) is 11.3. The van der Waals surface area contributed by atoms with Crippen molar-refractivity contribution in [3.63, 3.8) is 0 Å². The zero-order chi connectivity index (χ0) is 48.1. The van der Waals surface area contributed by atoms with Gasteiger partial charge in [-0.25, -0.2) is 22.9 Å². The SMILES string of the molecule is C=C[C@@H]1C[C@]1(NC(=O)[C@@H]1C[C@@H](Oc2cc(-c3ccccc3)nc3cc(OC)ccc23)CN1C(=O)[C@H](CNC(=O)[C@@H](Cl)c1ccccc1)NC(=O)OC(C)(C)C)C(=O)NS(=O)(=O)c1ccccc1. The first-order valence-corrected chi connectivity index (χ1v) is 23.4. The van der Waals surface area contributed by atoms with Crippen LogP contribution in [0, 0.1) is 5.92 Å². The molecule has 2 aliphatic rings. The normalized spacial score (nSPS) is 19.8. The fourth-order valence-electron chi connectivity index (χ4n) is 7.84. The van der Waals surface area contributed by atoms with Gasteiger partial charge in [0.2, 0.25) is 17.7 Å². The lowest BCUT2D eigenvalue weighted by Crippen LogP contribution is -2.59. The number of rotatable bonds is 16. The van der Waals surface area contributed by atoms with E-state index in [2.05, 4.69) is 27.3 Å². The molecule has 1 saturated heterocycles. The number of pyridine rings is 1. The number of fused-ring (bicyclic) bond motifs is 1. The number of likely N-dealkylation sites (tertiary alicyclic amines) is 1. The molecule has 0 unspecified atom stereocenters. The maximum atomic E-state index is 15.0. The largest absolute Gasteiger partial charge is 0.497 e. The first kappa shape index (κ1) is 48.0. The number of alkyl carbamates (subject to hydrolysis) is 1. The van der Waals surface area contributed by atoms with Crippen molar-refractivity contribution >= 4 is 62.2 Å². The molecule has 5 amide bonds. The molecule has 18 heteroatoms. The minimum Gasteiger partial charge on any atom is -0.497 e. The second-order valence-electron chi connectivity index (χ2n) is 17.2. The van der Waals surface area contributed by atoms with Crippen molar-refractivity contribution in [2.24, 2.45) is 5.92 Å². The van der Waals surface area contributed by atoms with Crippen LogP contribution in [0.25, 0.3) is 22.2 Å². The van der Waals surface area contributed by atoms with E-state index < -0.39 is 86.9 Å². The Morgan fingerprint density at radius 3 is 2.22 bits per heavy atom. The zero-order valence-corrected chi connectivity index (χ0v) is 38.8. The average molecular weight is 951 g/mol. The van der Waals surface area contributed by atoms with Crippen LogP contribution in [0.5, 0.6) is 11.5 Å². The zero-order valence-electron chi connectivity index (χ0n) is 37.2. The van der Waals surface area contributed by atoms with Crippen LogP contribution in [0.3, 0.4) is 0 Å². The number of nitrogens with zero attached hydrogens (tertiary/aromatic N) is 2. The van der Waals surface area contributed by atoms with Crippen molar-refractivity contribution in [3.8, 4) is 22.8 Å². The van der Waals surface area contributed by atoms with Gasteiger partial charge in [0, 0.05) is 42.0 Å². The summed E-state index contributed by atoms with van der Waals surface area (Å²) < 4.78 is 46.4. The number of carbonyl (C=O) groups is 5. The highest BCUT2D eigenvalue weighted by molar-refractivity contribution is 7.90. The molecule has 67 heavy (non-hydrogen) atoms. The van der Waals surface area contributed by atoms with Gasteiger partial charge in [-0.2, -0.15) is 0 Å². The third kappa shape index (κ3) is 11.2. The van der Waals surface area contributed by atoms with E-state index in [1.54, 1.807) is 81.4 Å². The summed E-state index contributed by atoms with van der Waals surface area (Å²) in [5.74, 6) is -3.00. The standard InChI is InChI=1S/C49H51ClN6O10S/c1-6-32-27-49(32,46(60)55-67(62,63)35-20-14-9-15-21-35)54-43(57)40-25-34(65-41-26-37(30-16-10-7-11-17-30)52-38-24-33(64-5)22-23-36(38)41)29-56(40)45(59)39(53-47(61)66-48(2,3)4)28-51-44(58)42(50)31-18-12-8-13-19-31/h6-24,26,32,34,39-40,42H,1,25,27-29H2,2-5H3,(H,51,58)(H,53,61)(H,54,57)(H,55,60)/t32-,34-,39+,40+,42+,49-/m1/s1. The lowest BCUT2D eigenvalue weighted by atomic mass is 10.1. The van der Waals surface area contributed by atoms with Crippen LogP contribution in [0.15, 0.2) is 133 Å². The highest BCUT2D eigenvalue weighted by atomic mass is 35.5. The average Bonchev–Trinajstić information content (AvgIpc) is 3.88. The van der Waals surface area contributed by atoms with E-state index in [-0.39, 0.29) is 24.3 Å². The number of aromatic nitrogens is 1. The van der Waals surface area contributed by atoms with E-state index in [4.69, 9.17) is 30.8 Å². The Morgan fingerprint density at radius 1 is 0.940 bits per heavy atom. The van der Waals surface area contributed by atoms with E-state index in [0.717, 1.165) is 5.56 Å². The summed E-state index contributed by atoms with van der Waals surface area (Å²) in [4.78, 5) is 76.2. The molecule has 16 nitrogen and oxygen atoms in total. The smallest absolute Gasteiger partial charge is 0.408 e. The number of carbonyl (C=O) groups excluding carboxylic acids is 5.